The second-order valence-electron chi connectivity index (χ2n) is 11.2. The van der Waals surface area contributed by atoms with Gasteiger partial charge in [0, 0.05) is 11.1 Å². The van der Waals surface area contributed by atoms with Crippen LogP contribution in [0.1, 0.15) is 107 Å². The van der Waals surface area contributed by atoms with Crippen LogP contribution in [0.25, 0.3) is 0 Å². The molecule has 3 aromatic rings. The maximum atomic E-state index is 11.8. The topological polar surface area (TPSA) is 168 Å². The van der Waals surface area contributed by atoms with Gasteiger partial charge in [-0.3, -0.25) is 0 Å². The Kier molecular flexibility index (Phi) is 9.00. The van der Waals surface area contributed by atoms with Gasteiger partial charge in [0.15, 0.2) is 0 Å². The maximum absolute atomic E-state index is 11.8. The van der Waals surface area contributed by atoms with Crippen molar-refractivity contribution in [3.63, 3.8) is 0 Å². The molecular formula is C32H34O10. The lowest BCUT2D eigenvalue weighted by Gasteiger charge is -2.31. The average Bonchev–Trinajstić information content (AvgIpc) is 2.92. The fourth-order valence-corrected chi connectivity index (χ4v) is 4.32. The van der Waals surface area contributed by atoms with Gasteiger partial charge < -0.3 is 29.9 Å². The molecule has 42 heavy (non-hydrogen) atoms. The number of benzene rings is 3. The van der Waals surface area contributed by atoms with E-state index >= 15 is 0 Å². The Morgan fingerprint density at radius 3 is 1.12 bits per heavy atom. The van der Waals surface area contributed by atoms with Gasteiger partial charge in [-0.25, -0.2) is 19.2 Å². The fraction of sp³-hybridized carbons (Fsp3) is 0.312. The maximum Gasteiger partial charge on any atom is 0.336 e. The molecule has 0 fully saturated rings. The Morgan fingerprint density at radius 2 is 0.857 bits per heavy atom. The van der Waals surface area contributed by atoms with Gasteiger partial charge in [-0.1, -0.05) is 41.5 Å². The first-order chi connectivity index (χ1) is 19.5. The second kappa shape index (κ2) is 11.9. The van der Waals surface area contributed by atoms with E-state index in [4.69, 9.17) is 9.47 Å². The van der Waals surface area contributed by atoms with Crippen LogP contribution in [0.2, 0.25) is 0 Å². The van der Waals surface area contributed by atoms with E-state index in [2.05, 4.69) is 0 Å². The number of carboxylic acid groups (broad SMARTS) is 4. The van der Waals surface area contributed by atoms with Gasteiger partial charge in [0.1, 0.15) is 23.0 Å². The van der Waals surface area contributed by atoms with Crippen LogP contribution in [0.3, 0.4) is 0 Å². The molecule has 10 nitrogen and oxygen atoms in total. The van der Waals surface area contributed by atoms with Gasteiger partial charge in [0.05, 0.1) is 22.3 Å². The molecule has 0 aromatic heterocycles. The van der Waals surface area contributed by atoms with E-state index in [1.165, 1.54) is 36.4 Å². The smallest absolute Gasteiger partial charge is 0.336 e. The van der Waals surface area contributed by atoms with Crippen LogP contribution in [-0.2, 0) is 10.8 Å². The SMILES string of the molecule is CCC(C)(C)c1cc(Oc2ccc(C(=O)O)c(C(=O)O)c2)c(C(C)(C)CC)cc1Oc1ccc(C(=O)O)c(C(=O)O)c1. The summed E-state index contributed by atoms with van der Waals surface area (Å²) in [6.07, 6.45) is 1.35. The predicted octanol–water partition coefficient (Wildman–Crippen LogP) is 7.44. The van der Waals surface area contributed by atoms with Crippen molar-refractivity contribution in [3.8, 4) is 23.0 Å². The molecule has 222 valence electrons. The zero-order chi connectivity index (χ0) is 31.6. The third-order valence-electron chi connectivity index (χ3n) is 7.67. The van der Waals surface area contributed by atoms with Crippen LogP contribution in [0, 0.1) is 0 Å². The summed E-state index contributed by atoms with van der Waals surface area (Å²) in [6.45, 7) is 11.9. The van der Waals surface area contributed by atoms with Crippen molar-refractivity contribution in [2.45, 2.75) is 65.2 Å². The summed E-state index contributed by atoms with van der Waals surface area (Å²) < 4.78 is 12.5. The van der Waals surface area contributed by atoms with Gasteiger partial charge in [-0.15, -0.1) is 0 Å². The minimum atomic E-state index is -1.40. The van der Waals surface area contributed by atoms with Gasteiger partial charge in [0.25, 0.3) is 0 Å². The molecular weight excluding hydrogens is 544 g/mol. The number of hydrogen-bond acceptors (Lipinski definition) is 6. The molecule has 10 heteroatoms. The highest BCUT2D eigenvalue weighted by atomic mass is 16.5. The highest BCUT2D eigenvalue weighted by Crippen LogP contribution is 2.46. The van der Waals surface area contributed by atoms with Crippen molar-refractivity contribution in [1.29, 1.82) is 0 Å². The fourth-order valence-electron chi connectivity index (χ4n) is 4.32. The Bertz CT molecular complexity index is 1450. The van der Waals surface area contributed by atoms with E-state index in [1.54, 1.807) is 12.1 Å². The Balaban J connectivity index is 2.25. The number of aromatic carboxylic acids is 4. The molecule has 0 spiro atoms. The number of ether oxygens (including phenoxy) is 2. The molecule has 0 radical (unpaired) electrons. The van der Waals surface area contributed by atoms with Crippen LogP contribution < -0.4 is 9.47 Å². The largest absolute Gasteiger partial charge is 0.478 e. The standard InChI is InChI=1S/C32H34O10/c1-7-31(3,4)23-15-26(42-18-10-12-20(28(35)36)22(14-18)30(39)40)24(32(5,6)8-2)16-25(23)41-17-9-11-19(27(33)34)21(13-17)29(37)38/h9-16H,7-8H2,1-6H3,(H,33,34)(H,35,36)(H,37,38)(H,39,40). The summed E-state index contributed by atoms with van der Waals surface area (Å²) in [7, 11) is 0. The van der Waals surface area contributed by atoms with Crippen LogP contribution in [0.5, 0.6) is 23.0 Å². The van der Waals surface area contributed by atoms with Gasteiger partial charge in [-0.05, 0) is 72.2 Å². The molecule has 0 unspecified atom stereocenters. The van der Waals surface area contributed by atoms with Crippen LogP contribution in [-0.4, -0.2) is 44.3 Å². The second-order valence-corrected chi connectivity index (χ2v) is 11.2. The highest BCUT2D eigenvalue weighted by molar-refractivity contribution is 6.02. The van der Waals surface area contributed by atoms with Crippen LogP contribution in [0.4, 0.5) is 0 Å². The molecule has 3 rings (SSSR count). The zero-order valence-corrected chi connectivity index (χ0v) is 24.3. The van der Waals surface area contributed by atoms with Crippen LogP contribution >= 0.6 is 0 Å². The van der Waals surface area contributed by atoms with Crippen molar-refractivity contribution >= 4 is 23.9 Å². The van der Waals surface area contributed by atoms with E-state index in [-0.39, 0.29) is 22.6 Å². The van der Waals surface area contributed by atoms with Crippen molar-refractivity contribution < 1.29 is 49.1 Å². The highest BCUT2D eigenvalue weighted by Gasteiger charge is 2.31. The zero-order valence-electron chi connectivity index (χ0n) is 24.3. The third-order valence-corrected chi connectivity index (χ3v) is 7.67. The first-order valence-electron chi connectivity index (χ1n) is 13.3. The predicted molar refractivity (Wildman–Crippen MR) is 154 cm³/mol. The molecule has 3 aromatic carbocycles. The number of carbonyl (C=O) groups is 4. The Morgan fingerprint density at radius 1 is 0.548 bits per heavy atom. The molecule has 0 aliphatic rings. The molecule has 0 saturated carbocycles. The molecule has 0 bridgehead atoms. The van der Waals surface area contributed by atoms with Crippen molar-refractivity contribution in [1.82, 2.24) is 0 Å². The monoisotopic (exact) mass is 578 g/mol. The Labute approximate surface area is 243 Å². The van der Waals surface area contributed by atoms with Crippen LogP contribution in [0.15, 0.2) is 48.5 Å². The van der Waals surface area contributed by atoms with E-state index < -0.39 is 45.8 Å². The minimum Gasteiger partial charge on any atom is -0.478 e. The first kappa shape index (κ1) is 31.7. The summed E-state index contributed by atoms with van der Waals surface area (Å²) in [5.74, 6) is -4.46. The quantitative estimate of drug-likeness (QED) is 0.169. The lowest BCUT2D eigenvalue weighted by molar-refractivity contribution is 0.0651. The number of carboxylic acids is 4. The molecule has 4 N–H and O–H groups in total. The third kappa shape index (κ3) is 6.54. The molecule has 0 atom stereocenters. The Hall–Kier alpha value is -4.86. The molecule has 0 amide bonds. The normalized spacial score (nSPS) is 11.6. The molecule has 0 saturated heterocycles. The van der Waals surface area contributed by atoms with Crippen molar-refractivity contribution in [2.75, 3.05) is 0 Å². The summed E-state index contributed by atoms with van der Waals surface area (Å²) in [5.41, 5.74) is -1.10. The van der Waals surface area contributed by atoms with Crippen molar-refractivity contribution in [2.24, 2.45) is 0 Å². The summed E-state index contributed by atoms with van der Waals surface area (Å²) >= 11 is 0. The van der Waals surface area contributed by atoms with Crippen molar-refractivity contribution in [3.05, 3.63) is 81.9 Å². The molecule has 0 aliphatic carbocycles. The summed E-state index contributed by atoms with van der Waals surface area (Å²) in [5, 5.41) is 38.0. The van der Waals surface area contributed by atoms with Gasteiger partial charge in [-0.2, -0.15) is 0 Å². The number of hydrogen-bond donors (Lipinski definition) is 4. The summed E-state index contributed by atoms with van der Waals surface area (Å²) in [4.78, 5) is 46.6. The first-order valence-corrected chi connectivity index (χ1v) is 13.3. The minimum absolute atomic E-state index is 0.134. The average molecular weight is 579 g/mol. The van der Waals surface area contributed by atoms with E-state index in [0.717, 1.165) is 0 Å². The lowest BCUT2D eigenvalue weighted by atomic mass is 9.77. The lowest BCUT2D eigenvalue weighted by Crippen LogP contribution is -2.21. The number of rotatable bonds is 12. The van der Waals surface area contributed by atoms with E-state index in [9.17, 15) is 39.6 Å². The summed E-state index contributed by atoms with van der Waals surface area (Å²) in [6, 6.07) is 11.1. The van der Waals surface area contributed by atoms with E-state index in [0.29, 0.717) is 35.5 Å². The molecule has 0 aliphatic heterocycles. The van der Waals surface area contributed by atoms with Gasteiger partial charge >= 0.3 is 23.9 Å². The van der Waals surface area contributed by atoms with E-state index in [1.807, 2.05) is 41.5 Å². The molecule has 0 heterocycles. The van der Waals surface area contributed by atoms with Gasteiger partial charge in [0.2, 0.25) is 0 Å².